The molecule has 4 aliphatic rings. The molecule has 2 unspecified atom stereocenters. The molecule has 0 fully saturated rings. The summed E-state index contributed by atoms with van der Waals surface area (Å²) in [5.74, 6) is 0. The van der Waals surface area contributed by atoms with Crippen molar-refractivity contribution in [2.24, 2.45) is 0 Å². The number of fused-ring (bicyclic) bond motifs is 26. The lowest BCUT2D eigenvalue weighted by molar-refractivity contribution is 0.748. The van der Waals surface area contributed by atoms with Crippen molar-refractivity contribution in [1.29, 1.82) is 0 Å². The zero-order chi connectivity index (χ0) is 83.9. The van der Waals surface area contributed by atoms with Crippen LogP contribution in [0.25, 0.3) is 166 Å². The average Bonchev–Trinajstić information content (AvgIpc) is 1.50. The van der Waals surface area contributed by atoms with Gasteiger partial charge in [0.15, 0.2) is 0 Å². The van der Waals surface area contributed by atoms with Crippen molar-refractivity contribution in [1.82, 2.24) is 9.13 Å². The number of hydrogen-bond donors (Lipinski definition) is 0. The maximum Gasteiger partial charge on any atom is 0.0755 e. The van der Waals surface area contributed by atoms with E-state index in [1.54, 1.807) is 0 Å². The summed E-state index contributed by atoms with van der Waals surface area (Å²) in [5.41, 5.74) is 41.6. The highest BCUT2D eigenvalue weighted by molar-refractivity contribution is 6.21. The molecule has 4 heteroatoms. The molecule has 2 aromatic heterocycles. The minimum atomic E-state index is -0.725. The van der Waals surface area contributed by atoms with E-state index in [2.05, 4.69) is 492 Å². The number of benzene rings is 21. The van der Waals surface area contributed by atoms with Crippen LogP contribution in [-0.2, 0) is 10.8 Å². The lowest BCUT2D eigenvalue weighted by atomic mass is 9.65. The van der Waals surface area contributed by atoms with E-state index >= 15 is 0 Å². The van der Waals surface area contributed by atoms with Crippen molar-refractivity contribution in [3.8, 4) is 100 Å². The van der Waals surface area contributed by atoms with Crippen LogP contribution in [0.15, 0.2) is 473 Å². The molecule has 0 N–H and O–H groups in total. The maximum atomic E-state index is 2.60. The number of aromatic nitrogens is 2. The molecule has 23 aromatic rings. The smallest absolute Gasteiger partial charge is 0.0755 e. The Morgan fingerprint density at radius 1 is 0.172 bits per heavy atom. The fourth-order valence-electron chi connectivity index (χ4n) is 23.3. The molecule has 0 radical (unpaired) electrons. The standard InChI is InChI=1S/C124H78N4/c1-3-29-79(30-4-1)81-59-63-85(64-60-81)92-36-13-20-52-113(92)125(88-71-73-99-97-40-11-16-46-105(97)123(111(99)77-88)107-48-18-23-55-117(107)127-116-54-22-15-42-101(116)103-44-26-50-109(123)121(103)127)87-69-67-84(68-70-87)90-75-76-96(95-39-10-9-38-94(90)95)102-43-28-58-119-120(102)104-45-27-51-110-122(104)128(119)118-56-24-19-49-108(118)124(110)106-47-17-12-41-98(106)100-74-72-89(78-112(100)124)126(115-57-25-34-83-33-7-8-35-91(83)115)114-53-21-14-37-93(114)86-65-61-82(62-66-86)80-31-5-2-6-32-80/h1-78H. The monoisotopic (exact) mass is 1620 g/mol. The zero-order valence-electron chi connectivity index (χ0n) is 69.8. The Kier molecular flexibility index (Phi) is 15.7. The van der Waals surface area contributed by atoms with E-state index in [0.717, 1.165) is 61.9 Å². The van der Waals surface area contributed by atoms with Crippen molar-refractivity contribution in [3.63, 3.8) is 0 Å². The summed E-state index contributed by atoms with van der Waals surface area (Å²) in [6, 6.07) is 178. The van der Waals surface area contributed by atoms with E-state index in [4.69, 9.17) is 0 Å². The first-order valence-corrected chi connectivity index (χ1v) is 44.5. The molecule has 2 atom stereocenters. The van der Waals surface area contributed by atoms with E-state index in [1.165, 1.54) is 182 Å². The molecular weight excluding hydrogens is 1550 g/mol. The highest BCUT2D eigenvalue weighted by Crippen LogP contribution is 2.65. The normalized spacial score (nSPS) is 14.6. The van der Waals surface area contributed by atoms with E-state index in [0.29, 0.717) is 0 Å². The van der Waals surface area contributed by atoms with Gasteiger partial charge in [-0.15, -0.1) is 0 Å². The molecule has 2 spiro atoms. The Labute approximate surface area is 741 Å². The van der Waals surface area contributed by atoms with Crippen LogP contribution in [0, 0.1) is 0 Å². The van der Waals surface area contributed by atoms with Gasteiger partial charge in [-0.25, -0.2) is 0 Å². The Morgan fingerprint density at radius 3 is 1.13 bits per heavy atom. The van der Waals surface area contributed by atoms with Gasteiger partial charge >= 0.3 is 0 Å². The fraction of sp³-hybridized carbons (Fsp3) is 0.0161. The predicted molar refractivity (Wildman–Crippen MR) is 534 cm³/mol. The summed E-state index contributed by atoms with van der Waals surface area (Å²) < 4.78 is 5.14. The van der Waals surface area contributed by atoms with Crippen LogP contribution in [0.1, 0.15) is 44.5 Å². The van der Waals surface area contributed by atoms with Crippen LogP contribution in [0.2, 0.25) is 0 Å². The molecule has 0 amide bonds. The number of nitrogens with zero attached hydrogens (tertiary/aromatic N) is 4. The third kappa shape index (κ3) is 10.2. The van der Waals surface area contributed by atoms with Crippen LogP contribution < -0.4 is 9.80 Å². The van der Waals surface area contributed by atoms with Gasteiger partial charge in [-0.05, 0) is 217 Å². The van der Waals surface area contributed by atoms with Crippen molar-refractivity contribution in [3.05, 3.63) is 518 Å². The van der Waals surface area contributed by atoms with Crippen molar-refractivity contribution in [2.75, 3.05) is 9.80 Å². The summed E-state index contributed by atoms with van der Waals surface area (Å²) in [4.78, 5) is 5.05. The van der Waals surface area contributed by atoms with Crippen molar-refractivity contribution in [2.45, 2.75) is 10.8 Å². The molecule has 21 aromatic carbocycles. The average molecular weight is 1620 g/mol. The fourth-order valence-corrected chi connectivity index (χ4v) is 23.3. The van der Waals surface area contributed by atoms with Crippen LogP contribution in [0.3, 0.4) is 0 Å². The summed E-state index contributed by atoms with van der Waals surface area (Å²) in [5, 5.41) is 9.73. The summed E-state index contributed by atoms with van der Waals surface area (Å²) in [6.45, 7) is 0. The summed E-state index contributed by atoms with van der Waals surface area (Å²) in [6.07, 6.45) is 0. The molecule has 128 heavy (non-hydrogen) atoms. The minimum absolute atomic E-state index is 0.648. The first kappa shape index (κ1) is 71.9. The van der Waals surface area contributed by atoms with Gasteiger partial charge in [-0.2, -0.15) is 0 Å². The minimum Gasteiger partial charge on any atom is -0.310 e. The van der Waals surface area contributed by atoms with Gasteiger partial charge in [-0.1, -0.05) is 394 Å². The summed E-state index contributed by atoms with van der Waals surface area (Å²) >= 11 is 0. The molecule has 0 bridgehead atoms. The Bertz CT molecular complexity index is 8560. The number of para-hydroxylation sites is 7. The number of anilines is 6. The third-order valence-electron chi connectivity index (χ3n) is 28.5. The Morgan fingerprint density at radius 2 is 0.523 bits per heavy atom. The van der Waals surface area contributed by atoms with E-state index < -0.39 is 10.8 Å². The van der Waals surface area contributed by atoms with Gasteiger partial charge in [0, 0.05) is 55.1 Å². The van der Waals surface area contributed by atoms with E-state index in [1.807, 2.05) is 0 Å². The molecule has 0 saturated carbocycles. The van der Waals surface area contributed by atoms with Crippen molar-refractivity contribution >= 4 is 99.3 Å². The first-order valence-electron chi connectivity index (χ1n) is 44.5. The van der Waals surface area contributed by atoms with Gasteiger partial charge in [0.2, 0.25) is 0 Å². The molecule has 4 nitrogen and oxygen atoms in total. The molecule has 2 aliphatic carbocycles. The second-order valence-electron chi connectivity index (χ2n) is 34.7. The van der Waals surface area contributed by atoms with Crippen LogP contribution in [0.5, 0.6) is 0 Å². The third-order valence-corrected chi connectivity index (χ3v) is 28.5. The van der Waals surface area contributed by atoms with Gasteiger partial charge in [-0.3, -0.25) is 0 Å². The van der Waals surface area contributed by atoms with E-state index in [9.17, 15) is 0 Å². The molecule has 2 aliphatic heterocycles. The molecule has 4 heterocycles. The molecule has 27 rings (SSSR count). The largest absolute Gasteiger partial charge is 0.310 e. The van der Waals surface area contributed by atoms with Crippen molar-refractivity contribution < 1.29 is 0 Å². The van der Waals surface area contributed by atoms with Crippen LogP contribution in [-0.4, -0.2) is 9.13 Å². The highest BCUT2D eigenvalue weighted by Gasteiger charge is 2.53. The Balaban J connectivity index is 0.610. The second-order valence-corrected chi connectivity index (χ2v) is 34.7. The molecule has 0 saturated heterocycles. The molecule has 594 valence electrons. The van der Waals surface area contributed by atoms with E-state index in [-0.39, 0.29) is 0 Å². The SMILES string of the molecule is c1ccc(-c2ccc(-c3ccccc3N(c3ccc(-c4ccc(-c5cccc6c5c5cccc7c5n6-c5ccccc5C75c6ccccc6-c6ccc(N(c7ccccc7-c7ccc(-c8ccccc8)cc7)c7cccc8ccccc78)cc65)c5ccccc45)cc3)c3ccc4c(c3)C3(c5ccccc5-4)c4ccccc4-n4c5ccccc5c5cccc3c54)cc2)cc1. The topological polar surface area (TPSA) is 16.3 Å². The van der Waals surface area contributed by atoms with Crippen LogP contribution >= 0.6 is 0 Å². The Hall–Kier alpha value is -16.7. The first-order chi connectivity index (χ1) is 63.5. The lowest BCUT2D eigenvalue weighted by Gasteiger charge is -2.40. The zero-order valence-corrected chi connectivity index (χ0v) is 69.8. The molecular formula is C124H78N4. The number of hydrogen-bond acceptors (Lipinski definition) is 2. The second kappa shape index (κ2) is 27.9. The van der Waals surface area contributed by atoms with Gasteiger partial charge in [0.1, 0.15) is 0 Å². The highest BCUT2D eigenvalue weighted by atomic mass is 15.2. The maximum absolute atomic E-state index is 2.60. The predicted octanol–water partition coefficient (Wildman–Crippen LogP) is 32.5. The van der Waals surface area contributed by atoms with Crippen LogP contribution in [0.4, 0.5) is 34.1 Å². The quantitative estimate of drug-likeness (QED) is 0.121. The van der Waals surface area contributed by atoms with Gasteiger partial charge in [0.25, 0.3) is 0 Å². The van der Waals surface area contributed by atoms with Gasteiger partial charge < -0.3 is 18.9 Å². The lowest BCUT2D eigenvalue weighted by Crippen LogP contribution is -2.33. The summed E-state index contributed by atoms with van der Waals surface area (Å²) in [7, 11) is 0. The number of rotatable bonds is 12. The van der Waals surface area contributed by atoms with Gasteiger partial charge in [0.05, 0.1) is 61.3 Å².